The van der Waals surface area contributed by atoms with Crippen molar-refractivity contribution in [3.8, 4) is 0 Å². The van der Waals surface area contributed by atoms with Gasteiger partial charge in [-0.05, 0) is 60.8 Å². The highest BCUT2D eigenvalue weighted by Gasteiger charge is 2.42. The van der Waals surface area contributed by atoms with E-state index < -0.39 is 19.7 Å². The van der Waals surface area contributed by atoms with Gasteiger partial charge in [0.2, 0.25) is 0 Å². The van der Waals surface area contributed by atoms with Gasteiger partial charge in [-0.25, -0.2) is 16.8 Å². The van der Waals surface area contributed by atoms with Crippen molar-refractivity contribution in [2.45, 2.75) is 47.7 Å². The Kier molecular flexibility index (Phi) is 5.34. The smallest absolute Gasteiger partial charge is 0.175 e. The van der Waals surface area contributed by atoms with Crippen molar-refractivity contribution in [3.05, 3.63) is 59.7 Å². The Morgan fingerprint density at radius 2 is 1.03 bits per heavy atom. The monoisotopic (exact) mass is 434 g/mol. The molecule has 0 aromatic heterocycles. The Balaban J connectivity index is 1.76. The third-order valence-corrected chi connectivity index (χ3v) is 7.99. The molecule has 0 amide bonds. The second-order valence-electron chi connectivity index (χ2n) is 8.27. The minimum Gasteiger partial charge on any atom is -0.365 e. The van der Waals surface area contributed by atoms with E-state index >= 15 is 0 Å². The lowest BCUT2D eigenvalue weighted by Gasteiger charge is -2.28. The molecule has 0 N–H and O–H groups in total. The summed E-state index contributed by atoms with van der Waals surface area (Å²) in [4.78, 5) is 0.589. The van der Waals surface area contributed by atoms with E-state index in [2.05, 4.69) is 0 Å². The Labute approximate surface area is 172 Å². The standard InChI is InChI=1S/C22H26O5S2/c1-28(23,24)19-9-5-3-7-17(19)21(15-11-12-15)27-22(16-13-14-16)18-8-4-6-10-20(18)29(2,25)26/h3-10,15-16,21-22H,11-14H2,1-2H3. The maximum absolute atomic E-state index is 12.4. The molecule has 2 atom stereocenters. The summed E-state index contributed by atoms with van der Waals surface area (Å²) < 4.78 is 56.0. The summed E-state index contributed by atoms with van der Waals surface area (Å²) in [5, 5.41) is 0. The van der Waals surface area contributed by atoms with Crippen LogP contribution < -0.4 is 0 Å². The van der Waals surface area contributed by atoms with Crippen molar-refractivity contribution >= 4 is 19.7 Å². The second kappa shape index (κ2) is 7.52. The van der Waals surface area contributed by atoms with Crippen LogP contribution in [0.3, 0.4) is 0 Å². The highest BCUT2D eigenvalue weighted by atomic mass is 32.2. The SMILES string of the molecule is CS(=O)(=O)c1ccccc1C(OC(c1ccccc1S(C)(=O)=O)C1CC1)C1CC1. The molecule has 0 spiro atoms. The molecule has 2 aromatic rings. The highest BCUT2D eigenvalue weighted by molar-refractivity contribution is 7.91. The molecule has 29 heavy (non-hydrogen) atoms. The number of hydrogen-bond acceptors (Lipinski definition) is 5. The normalized spacial score (nSPS) is 19.7. The van der Waals surface area contributed by atoms with Gasteiger partial charge in [-0.2, -0.15) is 0 Å². The van der Waals surface area contributed by atoms with Crippen LogP contribution in [0.4, 0.5) is 0 Å². The van der Waals surface area contributed by atoms with Crippen molar-refractivity contribution in [2.75, 3.05) is 12.5 Å². The van der Waals surface area contributed by atoms with E-state index in [-0.39, 0.29) is 24.0 Å². The molecule has 7 heteroatoms. The molecule has 5 nitrogen and oxygen atoms in total. The van der Waals surface area contributed by atoms with Crippen LogP contribution in [0.1, 0.15) is 49.0 Å². The first kappa shape index (κ1) is 20.6. The maximum Gasteiger partial charge on any atom is 0.175 e. The third-order valence-electron chi connectivity index (χ3n) is 5.64. The van der Waals surface area contributed by atoms with Crippen LogP contribution in [0, 0.1) is 11.8 Å². The van der Waals surface area contributed by atoms with E-state index in [4.69, 9.17) is 4.74 Å². The Morgan fingerprint density at radius 3 is 1.34 bits per heavy atom. The molecule has 2 unspecified atom stereocenters. The van der Waals surface area contributed by atoms with E-state index in [0.717, 1.165) is 25.7 Å². The molecule has 0 radical (unpaired) electrons. The van der Waals surface area contributed by atoms with Gasteiger partial charge < -0.3 is 4.74 Å². The van der Waals surface area contributed by atoms with E-state index in [1.807, 2.05) is 24.3 Å². The van der Waals surface area contributed by atoms with Crippen LogP contribution in [-0.2, 0) is 24.4 Å². The molecular weight excluding hydrogens is 408 g/mol. The van der Waals surface area contributed by atoms with Crippen molar-refractivity contribution in [3.63, 3.8) is 0 Å². The van der Waals surface area contributed by atoms with Crippen LogP contribution in [0.25, 0.3) is 0 Å². The van der Waals surface area contributed by atoms with Gasteiger partial charge >= 0.3 is 0 Å². The molecule has 0 aliphatic heterocycles. The molecule has 4 rings (SSSR count). The van der Waals surface area contributed by atoms with Crippen molar-refractivity contribution in [2.24, 2.45) is 11.8 Å². The van der Waals surface area contributed by atoms with Gasteiger partial charge in [0, 0.05) is 12.5 Å². The lowest BCUT2D eigenvalue weighted by Crippen LogP contribution is -2.18. The molecule has 0 bridgehead atoms. The molecular formula is C22H26O5S2. The molecule has 156 valence electrons. The topological polar surface area (TPSA) is 77.5 Å². The van der Waals surface area contributed by atoms with Gasteiger partial charge in [0.15, 0.2) is 19.7 Å². The van der Waals surface area contributed by atoms with E-state index in [9.17, 15) is 16.8 Å². The first-order chi connectivity index (χ1) is 13.7. The van der Waals surface area contributed by atoms with Gasteiger partial charge in [-0.3, -0.25) is 0 Å². The second-order valence-corrected chi connectivity index (χ2v) is 12.2. The molecule has 0 heterocycles. The van der Waals surface area contributed by atoms with Gasteiger partial charge in [-0.1, -0.05) is 36.4 Å². The van der Waals surface area contributed by atoms with Crippen molar-refractivity contribution in [1.29, 1.82) is 0 Å². The summed E-state index contributed by atoms with van der Waals surface area (Å²) in [6, 6.07) is 14.0. The van der Waals surface area contributed by atoms with Gasteiger partial charge in [0.05, 0.1) is 22.0 Å². The molecule has 2 fully saturated rings. The Morgan fingerprint density at radius 1 is 0.690 bits per heavy atom. The summed E-state index contributed by atoms with van der Waals surface area (Å²) >= 11 is 0. The average molecular weight is 435 g/mol. The van der Waals surface area contributed by atoms with Crippen LogP contribution in [0.5, 0.6) is 0 Å². The molecule has 2 aliphatic rings. The minimum atomic E-state index is -3.40. The largest absolute Gasteiger partial charge is 0.365 e. The number of sulfone groups is 2. The zero-order valence-electron chi connectivity index (χ0n) is 16.6. The molecule has 0 saturated heterocycles. The van der Waals surface area contributed by atoms with E-state index in [1.54, 1.807) is 24.3 Å². The van der Waals surface area contributed by atoms with Gasteiger partial charge in [-0.15, -0.1) is 0 Å². The summed E-state index contributed by atoms with van der Waals surface area (Å²) in [5.74, 6) is 0.508. The number of rotatable bonds is 8. The first-order valence-electron chi connectivity index (χ1n) is 9.89. The van der Waals surface area contributed by atoms with E-state index in [1.165, 1.54) is 12.5 Å². The quantitative estimate of drug-likeness (QED) is 0.625. The number of ether oxygens (including phenoxy) is 1. The van der Waals surface area contributed by atoms with E-state index in [0.29, 0.717) is 20.9 Å². The van der Waals surface area contributed by atoms with Gasteiger partial charge in [0.1, 0.15) is 0 Å². The van der Waals surface area contributed by atoms with Gasteiger partial charge in [0.25, 0.3) is 0 Å². The lowest BCUT2D eigenvalue weighted by molar-refractivity contribution is -0.0416. The van der Waals surface area contributed by atoms with Crippen molar-refractivity contribution < 1.29 is 21.6 Å². The fourth-order valence-electron chi connectivity index (χ4n) is 3.94. The predicted octanol–water partition coefficient (Wildman–Crippen LogP) is 4.11. The number of hydrogen-bond donors (Lipinski definition) is 0. The summed E-state index contributed by atoms with van der Waals surface area (Å²) in [6.07, 6.45) is 5.63. The summed E-state index contributed by atoms with van der Waals surface area (Å²) in [5.41, 5.74) is 1.36. The van der Waals surface area contributed by atoms with Crippen LogP contribution in [-0.4, -0.2) is 29.3 Å². The molecule has 2 saturated carbocycles. The average Bonchev–Trinajstić information content (AvgIpc) is 3.54. The fourth-order valence-corrected chi connectivity index (χ4v) is 5.82. The summed E-state index contributed by atoms with van der Waals surface area (Å²) in [7, 11) is -6.79. The minimum absolute atomic E-state index is 0.254. The van der Waals surface area contributed by atoms with Crippen LogP contribution in [0.2, 0.25) is 0 Å². The van der Waals surface area contributed by atoms with Crippen molar-refractivity contribution in [1.82, 2.24) is 0 Å². The zero-order valence-corrected chi connectivity index (χ0v) is 18.2. The Bertz CT molecular complexity index is 1020. The highest BCUT2D eigenvalue weighted by Crippen LogP contribution is 2.52. The lowest BCUT2D eigenvalue weighted by atomic mass is 10.0. The molecule has 2 aliphatic carbocycles. The zero-order chi connectivity index (χ0) is 20.8. The number of benzene rings is 2. The molecule has 2 aromatic carbocycles. The predicted molar refractivity (Wildman–Crippen MR) is 111 cm³/mol. The summed E-state index contributed by atoms with van der Waals surface area (Å²) in [6.45, 7) is 0. The Hall–Kier alpha value is -1.70. The first-order valence-corrected chi connectivity index (χ1v) is 13.7. The fraction of sp³-hybridized carbons (Fsp3) is 0.455. The maximum atomic E-state index is 12.4. The van der Waals surface area contributed by atoms with Crippen LogP contribution in [0.15, 0.2) is 58.3 Å². The third kappa shape index (κ3) is 4.57. The van der Waals surface area contributed by atoms with Crippen LogP contribution >= 0.6 is 0 Å².